The molecule has 1 aliphatic rings. The van der Waals surface area contributed by atoms with Crippen molar-refractivity contribution in [2.75, 3.05) is 45.7 Å². The van der Waals surface area contributed by atoms with E-state index in [9.17, 15) is 18.0 Å². The molecule has 150 valence electrons. The van der Waals surface area contributed by atoms with Crippen LogP contribution >= 0.6 is 0 Å². The molecule has 7 nitrogen and oxygen atoms in total. The molecule has 0 spiro atoms. The van der Waals surface area contributed by atoms with Crippen LogP contribution in [0.4, 0.5) is 0 Å². The first-order valence-electron chi connectivity index (χ1n) is 8.99. The predicted octanol–water partition coefficient (Wildman–Crippen LogP) is 1.35. The number of hydrogen-bond donors (Lipinski definition) is 0. The molecule has 1 aliphatic heterocycles. The van der Waals surface area contributed by atoms with Crippen molar-refractivity contribution in [3.8, 4) is 0 Å². The lowest BCUT2D eigenvalue weighted by molar-refractivity contribution is 0.0641. The highest BCUT2D eigenvalue weighted by Gasteiger charge is 2.34. The van der Waals surface area contributed by atoms with Crippen LogP contribution in [0.25, 0.3) is 0 Å². The molecule has 0 saturated carbocycles. The zero-order valence-electron chi connectivity index (χ0n) is 16.7. The molecule has 9 heteroatoms. The molecule has 0 aliphatic carbocycles. The molecule has 0 fully saturated rings. The summed E-state index contributed by atoms with van der Waals surface area (Å²) in [7, 11) is -2.95. The zero-order valence-corrected chi connectivity index (χ0v) is 18.5. The molecular weight excluding hydrogens is 382 g/mol. The van der Waals surface area contributed by atoms with Crippen molar-refractivity contribution in [3.63, 3.8) is 0 Å². The number of rotatable bonds is 9. The average Bonchev–Trinajstić information content (AvgIpc) is 2.79. The Morgan fingerprint density at radius 1 is 0.963 bits per heavy atom. The summed E-state index contributed by atoms with van der Waals surface area (Å²) in [6.07, 6.45) is 1.82. The van der Waals surface area contributed by atoms with E-state index in [2.05, 4.69) is 19.6 Å². The highest BCUT2D eigenvalue weighted by Crippen LogP contribution is 2.22. The van der Waals surface area contributed by atoms with Crippen LogP contribution < -0.4 is 0 Å². The molecule has 0 saturated heterocycles. The van der Waals surface area contributed by atoms with Crippen molar-refractivity contribution in [1.82, 2.24) is 14.1 Å². The van der Waals surface area contributed by atoms with Crippen LogP contribution in [0.1, 0.15) is 20.7 Å². The third-order valence-corrected chi connectivity index (χ3v) is 7.24. The Morgan fingerprint density at radius 3 is 1.93 bits per heavy atom. The molecule has 0 atom stereocenters. The van der Waals surface area contributed by atoms with E-state index in [4.69, 9.17) is 0 Å². The molecular formula is C18H29N3O4SSi. The zero-order chi connectivity index (χ0) is 20.4. The smallest absolute Gasteiger partial charge is 0.261 e. The third kappa shape index (κ3) is 5.71. The number of nitrogens with zero attached hydrogens (tertiary/aromatic N) is 3. The van der Waals surface area contributed by atoms with Gasteiger partial charge in [0.05, 0.1) is 25.5 Å². The van der Waals surface area contributed by atoms with E-state index in [-0.39, 0.29) is 18.4 Å². The van der Waals surface area contributed by atoms with Crippen LogP contribution in [0.5, 0.6) is 0 Å². The van der Waals surface area contributed by atoms with Crippen molar-refractivity contribution in [3.05, 3.63) is 35.4 Å². The Hall–Kier alpha value is -1.55. The quantitative estimate of drug-likeness (QED) is 0.453. The predicted molar refractivity (Wildman–Crippen MR) is 109 cm³/mol. The molecule has 2 rings (SSSR count). The molecule has 0 unspecified atom stereocenters. The Bertz CT molecular complexity index is 785. The molecule has 0 bridgehead atoms. The number of sulfonamides is 1. The lowest BCUT2D eigenvalue weighted by Crippen LogP contribution is -2.46. The molecule has 2 amide bonds. The van der Waals surface area contributed by atoms with Gasteiger partial charge in [0.1, 0.15) is 0 Å². The number of imide groups is 1. The maximum atomic E-state index is 12.4. The van der Waals surface area contributed by atoms with Crippen LogP contribution in [0.15, 0.2) is 24.3 Å². The van der Waals surface area contributed by atoms with Crippen molar-refractivity contribution in [1.29, 1.82) is 0 Å². The maximum Gasteiger partial charge on any atom is 0.261 e. The van der Waals surface area contributed by atoms with Gasteiger partial charge in [-0.05, 0) is 19.2 Å². The van der Waals surface area contributed by atoms with E-state index in [0.29, 0.717) is 36.9 Å². The van der Waals surface area contributed by atoms with Crippen molar-refractivity contribution in [2.45, 2.75) is 19.6 Å². The van der Waals surface area contributed by atoms with E-state index < -0.39 is 18.1 Å². The lowest BCUT2D eigenvalue weighted by Gasteiger charge is -2.29. The van der Waals surface area contributed by atoms with E-state index >= 15 is 0 Å². The first kappa shape index (κ1) is 21.7. The monoisotopic (exact) mass is 411 g/mol. The first-order valence-corrected chi connectivity index (χ1v) is 14.5. The molecule has 0 radical (unpaired) electrons. The summed E-state index contributed by atoms with van der Waals surface area (Å²) in [5, 5.41) is 0. The summed E-state index contributed by atoms with van der Waals surface area (Å²) in [5.41, 5.74) is 0.895. The number of benzene rings is 1. The first-order chi connectivity index (χ1) is 12.4. The van der Waals surface area contributed by atoms with Crippen LogP contribution in [0, 0.1) is 0 Å². The van der Waals surface area contributed by atoms with E-state index in [1.54, 1.807) is 24.3 Å². The summed E-state index contributed by atoms with van der Waals surface area (Å²) in [6.45, 7) is 8.14. The van der Waals surface area contributed by atoms with Gasteiger partial charge in [-0.25, -0.2) is 12.7 Å². The Kier molecular flexibility index (Phi) is 6.62. The Balaban J connectivity index is 1.90. The fraction of sp³-hybridized carbons (Fsp3) is 0.556. The Morgan fingerprint density at radius 2 is 1.48 bits per heavy atom. The van der Waals surface area contributed by atoms with Crippen molar-refractivity contribution >= 4 is 29.9 Å². The number of amides is 2. The van der Waals surface area contributed by atoms with Gasteiger partial charge in [-0.2, -0.15) is 0 Å². The van der Waals surface area contributed by atoms with Gasteiger partial charge in [-0.3, -0.25) is 14.5 Å². The standard InChI is InChI=1S/C18H29N3O4SSi/c1-19(10-12-20(26(2,24)25)14-27(3,4)5)11-13-21-17(22)15-8-6-7-9-16(15)18(21)23/h6-9H,10-14H2,1-5H3. The largest absolute Gasteiger partial charge is 0.303 e. The van der Waals surface area contributed by atoms with Crippen LogP contribution in [0.2, 0.25) is 19.6 Å². The normalized spacial score (nSPS) is 15.1. The summed E-state index contributed by atoms with van der Waals surface area (Å²) >= 11 is 0. The van der Waals surface area contributed by atoms with Gasteiger partial charge in [0, 0.05) is 32.3 Å². The number of fused-ring (bicyclic) bond motifs is 1. The molecule has 27 heavy (non-hydrogen) atoms. The fourth-order valence-corrected chi connectivity index (χ4v) is 6.73. The summed E-state index contributed by atoms with van der Waals surface area (Å²) in [6, 6.07) is 6.83. The average molecular weight is 412 g/mol. The molecule has 1 aromatic carbocycles. The van der Waals surface area contributed by atoms with Gasteiger partial charge in [-0.15, -0.1) is 0 Å². The summed E-state index contributed by atoms with van der Waals surface area (Å²) < 4.78 is 25.6. The number of carbonyl (C=O) groups is 2. The van der Waals surface area contributed by atoms with Gasteiger partial charge in [0.2, 0.25) is 10.0 Å². The fourth-order valence-electron chi connectivity index (χ4n) is 3.00. The summed E-state index contributed by atoms with van der Waals surface area (Å²) in [5.74, 6) is -0.527. The van der Waals surface area contributed by atoms with Crippen molar-refractivity contribution < 1.29 is 18.0 Å². The summed E-state index contributed by atoms with van der Waals surface area (Å²) in [4.78, 5) is 28.0. The van der Waals surface area contributed by atoms with Gasteiger partial charge < -0.3 is 4.90 Å². The second-order valence-electron chi connectivity index (χ2n) is 8.27. The molecule has 1 heterocycles. The van der Waals surface area contributed by atoms with Gasteiger partial charge in [-0.1, -0.05) is 31.8 Å². The second kappa shape index (κ2) is 8.22. The van der Waals surface area contributed by atoms with E-state index in [0.717, 1.165) is 0 Å². The van der Waals surface area contributed by atoms with Gasteiger partial charge >= 0.3 is 0 Å². The number of hydrogen-bond acceptors (Lipinski definition) is 5. The van der Waals surface area contributed by atoms with E-state index in [1.165, 1.54) is 15.5 Å². The van der Waals surface area contributed by atoms with Gasteiger partial charge in [0.25, 0.3) is 11.8 Å². The van der Waals surface area contributed by atoms with Crippen LogP contribution in [-0.4, -0.2) is 88.1 Å². The molecule has 1 aromatic rings. The second-order valence-corrected chi connectivity index (χ2v) is 15.7. The number of carbonyl (C=O) groups excluding carboxylic acids is 2. The van der Waals surface area contributed by atoms with Gasteiger partial charge in [0.15, 0.2) is 0 Å². The Labute approximate surface area is 163 Å². The molecule has 0 aromatic heterocycles. The highest BCUT2D eigenvalue weighted by atomic mass is 32.2. The maximum absolute atomic E-state index is 12.4. The van der Waals surface area contributed by atoms with Crippen LogP contribution in [-0.2, 0) is 10.0 Å². The minimum absolute atomic E-state index is 0.263. The van der Waals surface area contributed by atoms with Crippen LogP contribution in [0.3, 0.4) is 0 Å². The lowest BCUT2D eigenvalue weighted by atomic mass is 10.1. The third-order valence-electron chi connectivity index (χ3n) is 4.43. The number of likely N-dealkylation sites (N-methyl/N-ethyl adjacent to an activating group) is 1. The SMILES string of the molecule is CN(CCN1C(=O)c2ccccc2C1=O)CCN(C[Si](C)(C)C)S(C)(=O)=O. The molecule has 0 N–H and O–H groups in total. The van der Waals surface area contributed by atoms with E-state index in [1.807, 2.05) is 11.9 Å². The minimum Gasteiger partial charge on any atom is -0.303 e. The van der Waals surface area contributed by atoms with Crippen molar-refractivity contribution in [2.24, 2.45) is 0 Å². The topological polar surface area (TPSA) is 78.0 Å². The minimum atomic E-state index is -3.26. The highest BCUT2D eigenvalue weighted by molar-refractivity contribution is 7.88.